The van der Waals surface area contributed by atoms with Gasteiger partial charge in [0.05, 0.1) is 5.02 Å². The Morgan fingerprint density at radius 1 is 1.29 bits per heavy atom. The predicted molar refractivity (Wildman–Crippen MR) is 83.2 cm³/mol. The van der Waals surface area contributed by atoms with Crippen molar-refractivity contribution in [2.45, 2.75) is 46.1 Å². The van der Waals surface area contributed by atoms with Gasteiger partial charge >= 0.3 is 0 Å². The summed E-state index contributed by atoms with van der Waals surface area (Å²) in [5, 5.41) is 3.40. The minimum Gasteiger partial charge on any atom is -0.454 e. The zero-order valence-electron chi connectivity index (χ0n) is 12.7. The Morgan fingerprint density at radius 2 is 2.05 bits per heavy atom. The average Bonchev–Trinajstić information content (AvgIpc) is 2.86. The van der Waals surface area contributed by atoms with Crippen molar-refractivity contribution in [2.75, 3.05) is 6.79 Å². The van der Waals surface area contributed by atoms with Crippen molar-refractivity contribution in [3.05, 3.63) is 22.7 Å². The largest absolute Gasteiger partial charge is 0.454 e. The molecule has 0 bridgehead atoms. The topological polar surface area (TPSA) is 47.6 Å². The quantitative estimate of drug-likeness (QED) is 0.863. The second-order valence-electron chi connectivity index (χ2n) is 5.89. The van der Waals surface area contributed by atoms with E-state index in [-0.39, 0.29) is 18.7 Å². The summed E-state index contributed by atoms with van der Waals surface area (Å²) >= 11 is 6.09. The van der Waals surface area contributed by atoms with Crippen LogP contribution in [0.4, 0.5) is 0 Å². The van der Waals surface area contributed by atoms with E-state index < -0.39 is 0 Å². The molecule has 1 aromatic rings. The van der Waals surface area contributed by atoms with Gasteiger partial charge in [-0.25, -0.2) is 0 Å². The van der Waals surface area contributed by atoms with E-state index in [4.69, 9.17) is 21.1 Å². The van der Waals surface area contributed by atoms with Gasteiger partial charge in [-0.2, -0.15) is 0 Å². The van der Waals surface area contributed by atoms with E-state index in [1.54, 1.807) is 12.1 Å². The number of carbonyl (C=O) groups is 1. The molecule has 1 aliphatic heterocycles. The minimum atomic E-state index is -0.132. The Kier molecular flexibility index (Phi) is 5.34. The summed E-state index contributed by atoms with van der Waals surface area (Å²) in [7, 11) is 0. The first-order valence-corrected chi connectivity index (χ1v) is 7.75. The van der Waals surface area contributed by atoms with Crippen molar-refractivity contribution >= 4 is 17.5 Å². The molecule has 0 saturated heterocycles. The fraction of sp³-hybridized carbons (Fsp3) is 0.562. The molecular weight excluding hydrogens is 290 g/mol. The van der Waals surface area contributed by atoms with Crippen LogP contribution in [0.3, 0.4) is 0 Å². The maximum absolute atomic E-state index is 12.2. The van der Waals surface area contributed by atoms with Gasteiger partial charge in [0.2, 0.25) is 6.79 Å². The van der Waals surface area contributed by atoms with Gasteiger partial charge in [0.15, 0.2) is 11.5 Å². The molecule has 4 nitrogen and oxygen atoms in total. The highest BCUT2D eigenvalue weighted by molar-refractivity contribution is 6.32. The number of benzene rings is 1. The first-order chi connectivity index (χ1) is 9.97. The Bertz CT molecular complexity index is 516. The van der Waals surface area contributed by atoms with Gasteiger partial charge in [0.25, 0.3) is 5.91 Å². The number of halogens is 1. The van der Waals surface area contributed by atoms with Crippen molar-refractivity contribution in [1.82, 2.24) is 5.32 Å². The molecular formula is C16H22ClNO3. The van der Waals surface area contributed by atoms with Crippen LogP contribution < -0.4 is 14.8 Å². The highest BCUT2D eigenvalue weighted by Crippen LogP contribution is 2.39. The van der Waals surface area contributed by atoms with Gasteiger partial charge in [-0.05, 0) is 31.4 Å². The van der Waals surface area contributed by atoms with Gasteiger partial charge in [0, 0.05) is 11.6 Å². The molecule has 1 aliphatic rings. The van der Waals surface area contributed by atoms with E-state index in [9.17, 15) is 4.79 Å². The van der Waals surface area contributed by atoms with Gasteiger partial charge in [-0.3, -0.25) is 4.79 Å². The molecule has 0 radical (unpaired) electrons. The average molecular weight is 312 g/mol. The van der Waals surface area contributed by atoms with Crippen molar-refractivity contribution < 1.29 is 14.3 Å². The first kappa shape index (κ1) is 16.0. The number of nitrogens with one attached hydrogen (secondary N) is 1. The van der Waals surface area contributed by atoms with E-state index in [0.29, 0.717) is 28.0 Å². The fourth-order valence-electron chi connectivity index (χ4n) is 2.31. The zero-order valence-corrected chi connectivity index (χ0v) is 13.5. The lowest BCUT2D eigenvalue weighted by Crippen LogP contribution is -2.32. The normalized spacial score (nSPS) is 14.3. The molecule has 116 valence electrons. The van der Waals surface area contributed by atoms with Crippen molar-refractivity contribution in [1.29, 1.82) is 0 Å². The molecule has 1 amide bonds. The predicted octanol–water partition coefficient (Wildman–Crippen LogP) is 4.01. The maximum atomic E-state index is 12.2. The lowest BCUT2D eigenvalue weighted by molar-refractivity contribution is 0.0937. The fourth-order valence-corrected chi connectivity index (χ4v) is 2.58. The van der Waals surface area contributed by atoms with Crippen LogP contribution in [-0.4, -0.2) is 18.7 Å². The Balaban J connectivity index is 1.93. The molecule has 2 rings (SSSR count). The SMILES string of the molecule is CC(C)CCCC(C)NC(=O)c1cc(Cl)c2c(c1)OCO2. The van der Waals surface area contributed by atoms with Gasteiger partial charge < -0.3 is 14.8 Å². The number of hydrogen-bond donors (Lipinski definition) is 1. The molecule has 1 atom stereocenters. The highest BCUT2D eigenvalue weighted by Gasteiger charge is 2.21. The van der Waals surface area contributed by atoms with Crippen LogP contribution in [0, 0.1) is 5.92 Å². The molecule has 0 aromatic heterocycles. The lowest BCUT2D eigenvalue weighted by atomic mass is 10.0. The molecule has 1 heterocycles. The van der Waals surface area contributed by atoms with E-state index >= 15 is 0 Å². The summed E-state index contributed by atoms with van der Waals surface area (Å²) in [6, 6.07) is 3.43. The zero-order chi connectivity index (χ0) is 15.4. The van der Waals surface area contributed by atoms with Crippen LogP contribution in [0.5, 0.6) is 11.5 Å². The molecule has 0 aliphatic carbocycles. The minimum absolute atomic E-state index is 0.132. The first-order valence-electron chi connectivity index (χ1n) is 7.37. The van der Waals surface area contributed by atoms with Crippen molar-refractivity contribution in [2.24, 2.45) is 5.92 Å². The summed E-state index contributed by atoms with van der Waals surface area (Å²) in [4.78, 5) is 12.2. The van der Waals surface area contributed by atoms with Gasteiger partial charge in [-0.1, -0.05) is 38.3 Å². The van der Waals surface area contributed by atoms with E-state index in [0.717, 1.165) is 12.8 Å². The smallest absolute Gasteiger partial charge is 0.251 e. The van der Waals surface area contributed by atoms with E-state index in [1.807, 2.05) is 6.92 Å². The van der Waals surface area contributed by atoms with Crippen LogP contribution in [0.15, 0.2) is 12.1 Å². The summed E-state index contributed by atoms with van der Waals surface area (Å²) in [5.41, 5.74) is 0.500. The van der Waals surface area contributed by atoms with Crippen LogP contribution in [0.2, 0.25) is 5.02 Å². The van der Waals surface area contributed by atoms with Crippen LogP contribution in [-0.2, 0) is 0 Å². The lowest BCUT2D eigenvalue weighted by Gasteiger charge is -2.15. The number of carbonyl (C=O) groups excluding carboxylic acids is 1. The summed E-state index contributed by atoms with van der Waals surface area (Å²) in [6.07, 6.45) is 3.26. The van der Waals surface area contributed by atoms with E-state index in [2.05, 4.69) is 19.2 Å². The third-order valence-corrected chi connectivity index (χ3v) is 3.77. The maximum Gasteiger partial charge on any atom is 0.251 e. The Hall–Kier alpha value is -1.42. The molecule has 21 heavy (non-hydrogen) atoms. The standard InChI is InChI=1S/C16H22ClNO3/c1-10(2)5-4-6-11(3)18-16(19)12-7-13(17)15-14(8-12)20-9-21-15/h7-8,10-11H,4-6,9H2,1-3H3,(H,18,19). The monoisotopic (exact) mass is 311 g/mol. The number of ether oxygens (including phenoxy) is 2. The molecule has 0 saturated carbocycles. The second-order valence-corrected chi connectivity index (χ2v) is 6.30. The van der Waals surface area contributed by atoms with Crippen LogP contribution in [0.25, 0.3) is 0 Å². The molecule has 1 unspecified atom stereocenters. The number of fused-ring (bicyclic) bond motifs is 1. The van der Waals surface area contributed by atoms with Crippen molar-refractivity contribution in [3.63, 3.8) is 0 Å². The molecule has 0 spiro atoms. The van der Waals surface area contributed by atoms with Gasteiger partial charge in [0.1, 0.15) is 0 Å². The molecule has 5 heteroatoms. The van der Waals surface area contributed by atoms with Crippen LogP contribution >= 0.6 is 11.6 Å². The second kappa shape index (κ2) is 7.03. The Morgan fingerprint density at radius 3 is 2.76 bits per heavy atom. The summed E-state index contributed by atoms with van der Waals surface area (Å²) in [6.45, 7) is 6.58. The third kappa shape index (κ3) is 4.27. The summed E-state index contributed by atoms with van der Waals surface area (Å²) < 4.78 is 10.5. The molecule has 0 fully saturated rings. The highest BCUT2D eigenvalue weighted by atomic mass is 35.5. The Labute approximate surface area is 130 Å². The number of amides is 1. The van der Waals surface area contributed by atoms with Crippen molar-refractivity contribution in [3.8, 4) is 11.5 Å². The number of rotatable bonds is 6. The summed E-state index contributed by atoms with van der Waals surface area (Å²) in [5.74, 6) is 1.60. The third-order valence-electron chi connectivity index (χ3n) is 3.49. The van der Waals surface area contributed by atoms with E-state index in [1.165, 1.54) is 6.42 Å². The molecule has 1 N–H and O–H groups in total. The van der Waals surface area contributed by atoms with Crippen LogP contribution in [0.1, 0.15) is 50.4 Å². The molecule has 1 aromatic carbocycles. The van der Waals surface area contributed by atoms with Gasteiger partial charge in [-0.15, -0.1) is 0 Å². The number of hydrogen-bond acceptors (Lipinski definition) is 3.